The van der Waals surface area contributed by atoms with E-state index in [1.807, 2.05) is 19.1 Å². The predicted molar refractivity (Wildman–Crippen MR) is 74.9 cm³/mol. The molecule has 0 atom stereocenters. The highest BCUT2D eigenvalue weighted by atomic mass is 79.9. The molecule has 0 saturated heterocycles. The van der Waals surface area contributed by atoms with E-state index < -0.39 is 0 Å². The first-order valence-corrected chi connectivity index (χ1v) is 6.97. The van der Waals surface area contributed by atoms with Crippen LogP contribution in [0.15, 0.2) is 33.0 Å². The van der Waals surface area contributed by atoms with E-state index in [0.29, 0.717) is 11.8 Å². The summed E-state index contributed by atoms with van der Waals surface area (Å²) >= 11 is 4.62. The van der Waals surface area contributed by atoms with Crippen LogP contribution in [0.1, 0.15) is 6.92 Å². The third-order valence-electron chi connectivity index (χ3n) is 1.89. The number of nitrogens with two attached hydrogens (primary N) is 1. The second-order valence-corrected chi connectivity index (χ2v) is 5.12. The van der Waals surface area contributed by atoms with E-state index in [9.17, 15) is 0 Å². The van der Waals surface area contributed by atoms with Gasteiger partial charge in [-0.3, -0.25) is 5.43 Å². The summed E-state index contributed by atoms with van der Waals surface area (Å²) in [6.45, 7) is 2.32. The minimum atomic E-state index is 0.227. The summed E-state index contributed by atoms with van der Waals surface area (Å²) in [7, 11) is 0. The Morgan fingerprint density at radius 3 is 2.84 bits per heavy atom. The maximum Gasteiger partial charge on any atom is 0.322 e. The molecule has 7 nitrogen and oxygen atoms in total. The van der Waals surface area contributed by atoms with Gasteiger partial charge in [0, 0.05) is 10.7 Å². The van der Waals surface area contributed by atoms with Crippen LogP contribution in [0.2, 0.25) is 0 Å². The number of ether oxygens (including phenoxy) is 1. The summed E-state index contributed by atoms with van der Waals surface area (Å²) in [5.74, 6) is 5.56. The summed E-state index contributed by atoms with van der Waals surface area (Å²) in [4.78, 5) is 16.5. The molecule has 0 aliphatic rings. The van der Waals surface area contributed by atoms with Crippen molar-refractivity contribution in [1.29, 1.82) is 0 Å². The molecular weight excluding hydrogens is 332 g/mol. The van der Waals surface area contributed by atoms with E-state index in [4.69, 9.17) is 10.6 Å². The molecule has 0 bridgehead atoms. The van der Waals surface area contributed by atoms with Gasteiger partial charge in [-0.15, -0.1) is 0 Å². The van der Waals surface area contributed by atoms with Crippen molar-refractivity contribution in [2.75, 3.05) is 12.0 Å². The first-order chi connectivity index (χ1) is 9.21. The van der Waals surface area contributed by atoms with Gasteiger partial charge >= 0.3 is 6.01 Å². The average Bonchev–Trinajstić information content (AvgIpc) is 2.41. The highest BCUT2D eigenvalue weighted by molar-refractivity contribution is 9.10. The normalized spacial score (nSPS) is 10.3. The van der Waals surface area contributed by atoms with Gasteiger partial charge in [0.05, 0.1) is 6.61 Å². The van der Waals surface area contributed by atoms with Gasteiger partial charge < -0.3 is 4.74 Å². The minimum Gasteiger partial charge on any atom is -0.464 e. The monoisotopic (exact) mass is 342 g/mol. The summed E-state index contributed by atoms with van der Waals surface area (Å²) in [6.07, 6.45) is 1.70. The van der Waals surface area contributed by atoms with Crippen LogP contribution in [0, 0.1) is 0 Å². The van der Waals surface area contributed by atoms with Gasteiger partial charge in [-0.25, -0.2) is 10.8 Å². The second-order valence-electron chi connectivity index (χ2n) is 3.22. The molecule has 2 aromatic rings. The molecule has 0 spiro atoms. The predicted octanol–water partition coefficient (Wildman–Crippen LogP) is 1.86. The molecule has 0 aliphatic carbocycles. The molecule has 0 unspecified atom stereocenters. The van der Waals surface area contributed by atoms with Crippen LogP contribution in [-0.4, -0.2) is 26.5 Å². The van der Waals surface area contributed by atoms with Gasteiger partial charge in [0.1, 0.15) is 5.03 Å². The molecule has 0 fully saturated rings. The highest BCUT2D eigenvalue weighted by Gasteiger charge is 2.08. The number of nitrogen functional groups attached to an aromatic ring is 1. The number of pyridine rings is 1. The van der Waals surface area contributed by atoms with Crippen LogP contribution < -0.4 is 16.0 Å². The molecule has 2 rings (SSSR count). The number of anilines is 1. The molecule has 0 radical (unpaired) electrons. The van der Waals surface area contributed by atoms with E-state index in [2.05, 4.69) is 41.3 Å². The Balaban J connectivity index is 2.23. The van der Waals surface area contributed by atoms with Gasteiger partial charge in [-0.2, -0.15) is 15.0 Å². The number of hydrogen-bond acceptors (Lipinski definition) is 8. The molecule has 0 saturated carbocycles. The summed E-state index contributed by atoms with van der Waals surface area (Å²) in [5.41, 5.74) is 2.38. The lowest BCUT2D eigenvalue weighted by Crippen LogP contribution is -2.12. The van der Waals surface area contributed by atoms with Crippen LogP contribution in [0.5, 0.6) is 6.01 Å². The first-order valence-electron chi connectivity index (χ1n) is 5.36. The molecule has 2 heterocycles. The Hall–Kier alpha value is -1.45. The van der Waals surface area contributed by atoms with E-state index in [1.54, 1.807) is 6.20 Å². The van der Waals surface area contributed by atoms with Gasteiger partial charge in [-0.1, -0.05) is 0 Å². The molecule has 0 aromatic carbocycles. The van der Waals surface area contributed by atoms with Crippen molar-refractivity contribution in [2.45, 2.75) is 17.1 Å². The van der Waals surface area contributed by atoms with Crippen molar-refractivity contribution in [3.63, 3.8) is 0 Å². The number of halogens is 1. The quantitative estimate of drug-likeness (QED) is 0.627. The fourth-order valence-corrected chi connectivity index (χ4v) is 2.08. The second kappa shape index (κ2) is 6.64. The van der Waals surface area contributed by atoms with Crippen LogP contribution in [-0.2, 0) is 0 Å². The molecule has 3 N–H and O–H groups in total. The Labute approximate surface area is 122 Å². The van der Waals surface area contributed by atoms with Crippen LogP contribution in [0.4, 0.5) is 5.95 Å². The number of rotatable bonds is 5. The summed E-state index contributed by atoms with van der Waals surface area (Å²) in [5, 5.41) is 1.22. The highest BCUT2D eigenvalue weighted by Crippen LogP contribution is 2.25. The lowest BCUT2D eigenvalue weighted by molar-refractivity contribution is 0.308. The zero-order valence-electron chi connectivity index (χ0n) is 10.00. The average molecular weight is 343 g/mol. The number of aromatic nitrogens is 4. The SMILES string of the molecule is CCOc1nc(NN)nc(Sc2ccc(Br)cn2)n1. The summed E-state index contributed by atoms with van der Waals surface area (Å²) in [6, 6.07) is 3.97. The lowest BCUT2D eigenvalue weighted by Gasteiger charge is -2.05. The van der Waals surface area contributed by atoms with Crippen molar-refractivity contribution >= 4 is 33.6 Å². The van der Waals surface area contributed by atoms with E-state index in [1.165, 1.54) is 11.8 Å². The van der Waals surface area contributed by atoms with E-state index in [0.717, 1.165) is 9.50 Å². The molecule has 19 heavy (non-hydrogen) atoms. The Morgan fingerprint density at radius 2 is 2.21 bits per heavy atom. The molecular formula is C10H11BrN6OS. The standard InChI is InChI=1S/C10H11BrN6OS/c1-2-18-9-14-8(17-12)15-10(16-9)19-7-4-3-6(11)5-13-7/h3-5H,2,12H2,1H3,(H,14,15,16,17). The Morgan fingerprint density at radius 1 is 1.37 bits per heavy atom. The third kappa shape index (κ3) is 4.01. The van der Waals surface area contributed by atoms with Gasteiger partial charge in [-0.05, 0) is 46.7 Å². The number of hydrazine groups is 1. The van der Waals surface area contributed by atoms with Gasteiger partial charge in [0.15, 0.2) is 0 Å². The van der Waals surface area contributed by atoms with Crippen LogP contribution in [0.25, 0.3) is 0 Å². The smallest absolute Gasteiger partial charge is 0.322 e. The molecule has 9 heteroatoms. The van der Waals surface area contributed by atoms with Crippen molar-refractivity contribution in [3.05, 3.63) is 22.8 Å². The van der Waals surface area contributed by atoms with Crippen LogP contribution in [0.3, 0.4) is 0 Å². The molecule has 0 amide bonds. The number of hydrogen-bond donors (Lipinski definition) is 2. The number of nitrogens with one attached hydrogen (secondary N) is 1. The minimum absolute atomic E-state index is 0.227. The molecule has 2 aromatic heterocycles. The fourth-order valence-electron chi connectivity index (χ4n) is 1.16. The lowest BCUT2D eigenvalue weighted by atomic mass is 10.5. The van der Waals surface area contributed by atoms with Gasteiger partial charge in [0.25, 0.3) is 0 Å². The largest absolute Gasteiger partial charge is 0.464 e. The Kier molecular flexibility index (Phi) is 4.88. The van der Waals surface area contributed by atoms with Crippen molar-refractivity contribution in [2.24, 2.45) is 5.84 Å². The maximum atomic E-state index is 5.31. The van der Waals surface area contributed by atoms with E-state index in [-0.39, 0.29) is 12.0 Å². The van der Waals surface area contributed by atoms with Crippen molar-refractivity contribution in [1.82, 2.24) is 19.9 Å². The Bertz CT molecular complexity index is 552. The first kappa shape index (κ1) is 14.0. The van der Waals surface area contributed by atoms with Crippen molar-refractivity contribution in [3.8, 4) is 6.01 Å². The zero-order valence-corrected chi connectivity index (χ0v) is 12.4. The fraction of sp³-hybridized carbons (Fsp3) is 0.200. The number of nitrogens with zero attached hydrogens (tertiary/aromatic N) is 4. The van der Waals surface area contributed by atoms with E-state index >= 15 is 0 Å². The van der Waals surface area contributed by atoms with Gasteiger partial charge in [0.2, 0.25) is 11.1 Å². The zero-order chi connectivity index (χ0) is 13.7. The molecule has 0 aliphatic heterocycles. The van der Waals surface area contributed by atoms with Crippen molar-refractivity contribution < 1.29 is 4.74 Å². The topological polar surface area (TPSA) is 98.8 Å². The van der Waals surface area contributed by atoms with Crippen LogP contribution >= 0.6 is 27.7 Å². The summed E-state index contributed by atoms with van der Waals surface area (Å²) < 4.78 is 6.16. The maximum absolute atomic E-state index is 5.31. The third-order valence-corrected chi connectivity index (χ3v) is 3.18. The molecule has 100 valence electrons.